The first-order valence-corrected chi connectivity index (χ1v) is 5.47. The number of thioether (sulfide) groups is 1. The standard InChI is InChI=1S/C8H17NOS/c1-2-7(5-10)9-8-3-4-11-6-8/h7-10H,2-6H2,1H3/t7-,8?/m1/s1. The van der Waals surface area contributed by atoms with Crippen molar-refractivity contribution in [1.82, 2.24) is 5.32 Å². The normalized spacial score (nSPS) is 27.3. The molecule has 1 heterocycles. The van der Waals surface area contributed by atoms with Gasteiger partial charge in [-0.25, -0.2) is 0 Å². The summed E-state index contributed by atoms with van der Waals surface area (Å²) in [6.07, 6.45) is 2.29. The van der Waals surface area contributed by atoms with Crippen LogP contribution in [-0.2, 0) is 0 Å². The first-order valence-electron chi connectivity index (χ1n) is 4.31. The predicted octanol–water partition coefficient (Wildman–Crippen LogP) is 0.852. The molecule has 0 aromatic rings. The summed E-state index contributed by atoms with van der Waals surface area (Å²) >= 11 is 2.00. The molecule has 1 saturated heterocycles. The maximum absolute atomic E-state index is 8.92. The molecule has 3 heteroatoms. The van der Waals surface area contributed by atoms with Crippen LogP contribution < -0.4 is 5.32 Å². The molecule has 1 unspecified atom stereocenters. The quantitative estimate of drug-likeness (QED) is 0.664. The van der Waals surface area contributed by atoms with E-state index in [-0.39, 0.29) is 6.61 Å². The van der Waals surface area contributed by atoms with Crippen molar-refractivity contribution in [2.45, 2.75) is 31.8 Å². The Kier molecular flexibility index (Phi) is 4.26. The molecule has 66 valence electrons. The van der Waals surface area contributed by atoms with Crippen molar-refractivity contribution in [3.05, 3.63) is 0 Å². The van der Waals surface area contributed by atoms with Crippen LogP contribution >= 0.6 is 11.8 Å². The summed E-state index contributed by atoms with van der Waals surface area (Å²) in [6, 6.07) is 0.968. The predicted molar refractivity (Wildman–Crippen MR) is 50.0 cm³/mol. The van der Waals surface area contributed by atoms with Gasteiger partial charge in [-0.1, -0.05) is 6.92 Å². The average Bonchev–Trinajstić information content (AvgIpc) is 2.52. The molecule has 0 aromatic carbocycles. The van der Waals surface area contributed by atoms with Crippen molar-refractivity contribution in [2.24, 2.45) is 0 Å². The first-order chi connectivity index (χ1) is 5.36. The highest BCUT2D eigenvalue weighted by Gasteiger charge is 2.17. The molecule has 2 N–H and O–H groups in total. The maximum atomic E-state index is 8.92. The molecule has 1 aliphatic heterocycles. The van der Waals surface area contributed by atoms with E-state index in [0.717, 1.165) is 6.42 Å². The Morgan fingerprint density at radius 2 is 2.55 bits per heavy atom. The Hall–Kier alpha value is 0.270. The summed E-state index contributed by atoms with van der Waals surface area (Å²) in [5.41, 5.74) is 0. The Morgan fingerprint density at radius 3 is 3.00 bits per heavy atom. The summed E-state index contributed by atoms with van der Waals surface area (Å²) in [7, 11) is 0. The minimum Gasteiger partial charge on any atom is -0.395 e. The Balaban J connectivity index is 2.16. The lowest BCUT2D eigenvalue weighted by Crippen LogP contribution is -2.40. The van der Waals surface area contributed by atoms with Gasteiger partial charge in [-0.15, -0.1) is 0 Å². The van der Waals surface area contributed by atoms with E-state index >= 15 is 0 Å². The SMILES string of the molecule is CC[C@H](CO)NC1CCSC1. The smallest absolute Gasteiger partial charge is 0.0584 e. The van der Waals surface area contributed by atoms with Crippen molar-refractivity contribution in [2.75, 3.05) is 18.1 Å². The first kappa shape index (κ1) is 9.36. The summed E-state index contributed by atoms with van der Waals surface area (Å²) in [5, 5.41) is 12.4. The highest BCUT2D eigenvalue weighted by atomic mass is 32.2. The van der Waals surface area contributed by atoms with E-state index in [1.54, 1.807) is 0 Å². The van der Waals surface area contributed by atoms with Gasteiger partial charge in [0, 0.05) is 17.8 Å². The molecule has 0 saturated carbocycles. The van der Waals surface area contributed by atoms with E-state index in [1.807, 2.05) is 11.8 Å². The molecule has 1 fully saturated rings. The van der Waals surface area contributed by atoms with Crippen LogP contribution in [0.25, 0.3) is 0 Å². The molecule has 0 amide bonds. The lowest BCUT2D eigenvalue weighted by Gasteiger charge is -2.18. The largest absolute Gasteiger partial charge is 0.395 e. The minimum atomic E-state index is 0.275. The van der Waals surface area contributed by atoms with E-state index in [4.69, 9.17) is 5.11 Å². The van der Waals surface area contributed by atoms with Gasteiger partial charge in [0.05, 0.1) is 6.61 Å². The van der Waals surface area contributed by atoms with E-state index < -0.39 is 0 Å². The second kappa shape index (κ2) is 5.01. The van der Waals surface area contributed by atoms with Crippen molar-refractivity contribution < 1.29 is 5.11 Å². The van der Waals surface area contributed by atoms with Gasteiger partial charge in [0.15, 0.2) is 0 Å². The second-order valence-electron chi connectivity index (χ2n) is 3.01. The lowest BCUT2D eigenvalue weighted by atomic mass is 10.2. The van der Waals surface area contributed by atoms with Crippen LogP contribution in [0.4, 0.5) is 0 Å². The van der Waals surface area contributed by atoms with Crippen LogP contribution in [0.1, 0.15) is 19.8 Å². The molecule has 11 heavy (non-hydrogen) atoms. The molecule has 0 aromatic heterocycles. The maximum Gasteiger partial charge on any atom is 0.0584 e. The van der Waals surface area contributed by atoms with E-state index in [1.165, 1.54) is 17.9 Å². The van der Waals surface area contributed by atoms with E-state index in [9.17, 15) is 0 Å². The third kappa shape index (κ3) is 3.01. The topological polar surface area (TPSA) is 32.3 Å². The van der Waals surface area contributed by atoms with E-state index in [0.29, 0.717) is 12.1 Å². The van der Waals surface area contributed by atoms with Crippen LogP contribution in [-0.4, -0.2) is 35.3 Å². The monoisotopic (exact) mass is 175 g/mol. The number of aliphatic hydroxyl groups excluding tert-OH is 1. The van der Waals surface area contributed by atoms with Crippen molar-refractivity contribution in [3.8, 4) is 0 Å². The summed E-state index contributed by atoms with van der Waals surface area (Å²) in [6.45, 7) is 2.38. The summed E-state index contributed by atoms with van der Waals surface area (Å²) in [5.74, 6) is 2.50. The third-order valence-electron chi connectivity index (χ3n) is 2.11. The molecular formula is C8H17NOS. The Bertz CT molecular complexity index is 100. The molecular weight excluding hydrogens is 158 g/mol. The summed E-state index contributed by atoms with van der Waals surface area (Å²) in [4.78, 5) is 0. The van der Waals surface area contributed by atoms with Crippen molar-refractivity contribution >= 4 is 11.8 Å². The molecule has 0 bridgehead atoms. The number of rotatable bonds is 4. The highest BCUT2D eigenvalue weighted by Crippen LogP contribution is 2.17. The second-order valence-corrected chi connectivity index (χ2v) is 4.16. The van der Waals surface area contributed by atoms with Gasteiger partial charge in [-0.2, -0.15) is 11.8 Å². The molecule has 0 radical (unpaired) electrons. The minimum absolute atomic E-state index is 0.275. The highest BCUT2D eigenvalue weighted by molar-refractivity contribution is 7.99. The fourth-order valence-corrected chi connectivity index (χ4v) is 2.46. The number of nitrogens with one attached hydrogen (secondary N) is 1. The Labute approximate surface area is 72.8 Å². The molecule has 1 aliphatic rings. The number of hydrogen-bond acceptors (Lipinski definition) is 3. The van der Waals surface area contributed by atoms with Gasteiger partial charge in [0.25, 0.3) is 0 Å². The van der Waals surface area contributed by atoms with Crippen LogP contribution in [0.3, 0.4) is 0 Å². The van der Waals surface area contributed by atoms with Crippen LogP contribution in [0.5, 0.6) is 0 Å². The zero-order valence-electron chi connectivity index (χ0n) is 7.05. The fraction of sp³-hybridized carbons (Fsp3) is 1.00. The lowest BCUT2D eigenvalue weighted by molar-refractivity contribution is 0.230. The number of aliphatic hydroxyl groups is 1. The summed E-state index contributed by atoms with van der Waals surface area (Å²) < 4.78 is 0. The third-order valence-corrected chi connectivity index (χ3v) is 3.28. The number of hydrogen-bond donors (Lipinski definition) is 2. The van der Waals surface area contributed by atoms with Gasteiger partial charge in [-0.05, 0) is 18.6 Å². The van der Waals surface area contributed by atoms with Crippen LogP contribution in [0.15, 0.2) is 0 Å². The van der Waals surface area contributed by atoms with Crippen molar-refractivity contribution in [1.29, 1.82) is 0 Å². The van der Waals surface area contributed by atoms with Gasteiger partial charge in [0.1, 0.15) is 0 Å². The molecule has 0 spiro atoms. The molecule has 1 rings (SSSR count). The average molecular weight is 175 g/mol. The van der Waals surface area contributed by atoms with Gasteiger partial charge >= 0.3 is 0 Å². The zero-order chi connectivity index (χ0) is 8.10. The van der Waals surface area contributed by atoms with E-state index in [2.05, 4.69) is 12.2 Å². The van der Waals surface area contributed by atoms with Crippen LogP contribution in [0.2, 0.25) is 0 Å². The van der Waals surface area contributed by atoms with Gasteiger partial charge < -0.3 is 10.4 Å². The Morgan fingerprint density at radius 1 is 1.73 bits per heavy atom. The van der Waals surface area contributed by atoms with Gasteiger partial charge in [0.2, 0.25) is 0 Å². The van der Waals surface area contributed by atoms with Gasteiger partial charge in [-0.3, -0.25) is 0 Å². The molecule has 0 aliphatic carbocycles. The van der Waals surface area contributed by atoms with Crippen molar-refractivity contribution in [3.63, 3.8) is 0 Å². The zero-order valence-corrected chi connectivity index (χ0v) is 7.86. The molecule has 2 nitrogen and oxygen atoms in total. The fourth-order valence-electron chi connectivity index (χ4n) is 1.30. The van der Waals surface area contributed by atoms with Crippen LogP contribution in [0, 0.1) is 0 Å². The molecule has 2 atom stereocenters.